The molecule has 0 spiro atoms. The Morgan fingerprint density at radius 1 is 1.12 bits per heavy atom. The van der Waals surface area contributed by atoms with E-state index in [-0.39, 0.29) is 18.1 Å². The Morgan fingerprint density at radius 2 is 1.91 bits per heavy atom. The quantitative estimate of drug-likeness (QED) is 0.439. The van der Waals surface area contributed by atoms with Gasteiger partial charge in [0.25, 0.3) is 11.8 Å². The lowest BCUT2D eigenvalue weighted by atomic mass is 9.80. The van der Waals surface area contributed by atoms with Crippen LogP contribution >= 0.6 is 34.5 Å². The van der Waals surface area contributed by atoms with Gasteiger partial charge >= 0.3 is 5.97 Å². The molecule has 0 fully saturated rings. The lowest BCUT2D eigenvalue weighted by Gasteiger charge is -2.33. The molecular formula is C22H16Cl2N2O5S. The first-order chi connectivity index (χ1) is 15.3. The van der Waals surface area contributed by atoms with E-state index in [1.165, 1.54) is 22.8 Å². The highest BCUT2D eigenvalue weighted by atomic mass is 35.5. The Bertz CT molecular complexity index is 1210. The molecule has 4 rings (SSSR count). The predicted octanol–water partition coefficient (Wildman–Crippen LogP) is 4.57. The molecule has 7 nitrogen and oxygen atoms in total. The van der Waals surface area contributed by atoms with Crippen molar-refractivity contribution in [3.05, 3.63) is 91.1 Å². The number of carbonyl (C=O) groups is 3. The number of thiophene rings is 1. The molecule has 1 aliphatic heterocycles. The number of carboxylic acid groups (broad SMARTS) is 1. The van der Waals surface area contributed by atoms with Crippen molar-refractivity contribution in [3.8, 4) is 0 Å². The fraction of sp³-hybridized carbons (Fsp3) is 0.136. The number of hydroxylamine groups is 1. The van der Waals surface area contributed by atoms with Gasteiger partial charge in [-0.15, -0.1) is 11.3 Å². The fourth-order valence-electron chi connectivity index (χ4n) is 3.57. The summed E-state index contributed by atoms with van der Waals surface area (Å²) in [5.41, 5.74) is 4.05. The van der Waals surface area contributed by atoms with E-state index in [0.717, 1.165) is 0 Å². The first kappa shape index (κ1) is 22.3. The number of hydrogen-bond donors (Lipinski definition) is 3. The smallest absolute Gasteiger partial charge is 0.336 e. The van der Waals surface area contributed by atoms with Gasteiger partial charge in [0.05, 0.1) is 17.5 Å². The molecule has 2 amide bonds. The van der Waals surface area contributed by atoms with Crippen molar-refractivity contribution >= 4 is 52.3 Å². The topological polar surface area (TPSA) is 105 Å². The molecule has 0 unspecified atom stereocenters. The summed E-state index contributed by atoms with van der Waals surface area (Å²) in [4.78, 5) is 42.9. The van der Waals surface area contributed by atoms with Gasteiger partial charge in [0.2, 0.25) is 0 Å². The van der Waals surface area contributed by atoms with E-state index in [0.29, 0.717) is 31.6 Å². The van der Waals surface area contributed by atoms with E-state index in [9.17, 15) is 14.4 Å². The average Bonchev–Trinajstić information content (AvgIpc) is 3.23. The molecule has 2 aromatic carbocycles. The maximum atomic E-state index is 13.2. The van der Waals surface area contributed by atoms with Gasteiger partial charge in [-0.2, -0.15) is 0 Å². The van der Waals surface area contributed by atoms with Gasteiger partial charge in [-0.25, -0.2) is 10.3 Å². The largest absolute Gasteiger partial charge is 0.478 e. The zero-order chi connectivity index (χ0) is 22.8. The second-order valence-corrected chi connectivity index (χ2v) is 8.88. The zero-order valence-electron chi connectivity index (χ0n) is 16.3. The van der Waals surface area contributed by atoms with Crippen molar-refractivity contribution in [2.24, 2.45) is 0 Å². The van der Waals surface area contributed by atoms with Gasteiger partial charge in [0.1, 0.15) is 6.61 Å². The molecule has 3 N–H and O–H groups in total. The molecule has 3 aromatic rings. The van der Waals surface area contributed by atoms with Crippen molar-refractivity contribution in [2.75, 3.05) is 0 Å². The normalized spacial score (nSPS) is 17.4. The maximum Gasteiger partial charge on any atom is 0.336 e. The summed E-state index contributed by atoms with van der Waals surface area (Å²) >= 11 is 13.6. The first-order valence-corrected chi connectivity index (χ1v) is 11.1. The van der Waals surface area contributed by atoms with Crippen LogP contribution in [-0.4, -0.2) is 22.9 Å². The Labute approximate surface area is 196 Å². The summed E-state index contributed by atoms with van der Waals surface area (Å²) in [7, 11) is 0. The Hall–Kier alpha value is -2.91. The molecule has 2 heterocycles. The molecule has 0 bridgehead atoms. The van der Waals surface area contributed by atoms with E-state index in [2.05, 4.69) is 10.8 Å². The predicted molar refractivity (Wildman–Crippen MR) is 120 cm³/mol. The van der Waals surface area contributed by atoms with Gasteiger partial charge in [-0.1, -0.05) is 47.5 Å². The van der Waals surface area contributed by atoms with Crippen LogP contribution in [0.4, 0.5) is 0 Å². The summed E-state index contributed by atoms with van der Waals surface area (Å²) in [5, 5.41) is 14.1. The fourth-order valence-corrected chi connectivity index (χ4v) is 4.87. The van der Waals surface area contributed by atoms with Crippen LogP contribution in [0.2, 0.25) is 10.0 Å². The highest BCUT2D eigenvalue weighted by Crippen LogP contribution is 2.40. The molecule has 10 heteroatoms. The third-order valence-electron chi connectivity index (χ3n) is 5.03. The van der Waals surface area contributed by atoms with E-state index >= 15 is 0 Å². The number of halogens is 2. The molecular weight excluding hydrogens is 475 g/mol. The minimum atomic E-state index is -1.03. The summed E-state index contributed by atoms with van der Waals surface area (Å²) in [6.07, 6.45) is 0. The molecule has 0 aliphatic carbocycles. The summed E-state index contributed by atoms with van der Waals surface area (Å²) in [5.74, 6) is -2.65. The molecule has 1 aliphatic rings. The third-order valence-corrected chi connectivity index (χ3v) is 6.50. The minimum Gasteiger partial charge on any atom is -0.478 e. The minimum absolute atomic E-state index is 0.00319. The molecule has 0 radical (unpaired) electrons. The summed E-state index contributed by atoms with van der Waals surface area (Å²) < 4.78 is 0. The SMILES string of the molecule is O=C(O)c1csc(CONC(=O)[C@@H]2c3ccccc3C(=O)N[C@H]2c2ccc(Cl)cc2Cl)c1. The lowest BCUT2D eigenvalue weighted by Crippen LogP contribution is -2.44. The van der Waals surface area contributed by atoms with E-state index < -0.39 is 23.8 Å². The molecule has 2 atom stereocenters. The average molecular weight is 491 g/mol. The molecule has 32 heavy (non-hydrogen) atoms. The van der Waals surface area contributed by atoms with Gasteiger partial charge in [-0.3, -0.25) is 14.4 Å². The van der Waals surface area contributed by atoms with E-state index in [4.69, 9.17) is 33.1 Å². The van der Waals surface area contributed by atoms with Crippen LogP contribution in [0, 0.1) is 0 Å². The highest BCUT2D eigenvalue weighted by molar-refractivity contribution is 7.10. The number of carboxylic acids is 1. The van der Waals surface area contributed by atoms with Gasteiger partial charge in [0, 0.05) is 25.9 Å². The molecule has 1 aromatic heterocycles. The van der Waals surface area contributed by atoms with Crippen LogP contribution in [-0.2, 0) is 16.2 Å². The zero-order valence-corrected chi connectivity index (χ0v) is 18.6. The van der Waals surface area contributed by atoms with Gasteiger partial charge < -0.3 is 10.4 Å². The highest BCUT2D eigenvalue weighted by Gasteiger charge is 2.40. The second-order valence-electron chi connectivity index (χ2n) is 7.04. The van der Waals surface area contributed by atoms with Crippen molar-refractivity contribution < 1.29 is 24.3 Å². The maximum absolute atomic E-state index is 13.2. The monoisotopic (exact) mass is 490 g/mol. The Kier molecular flexibility index (Phi) is 6.48. The number of benzene rings is 2. The molecule has 0 saturated heterocycles. The Morgan fingerprint density at radius 3 is 2.62 bits per heavy atom. The molecule has 0 saturated carbocycles. The number of carbonyl (C=O) groups excluding carboxylic acids is 2. The summed E-state index contributed by atoms with van der Waals surface area (Å²) in [6, 6.07) is 12.4. The number of fused-ring (bicyclic) bond motifs is 1. The van der Waals surface area contributed by atoms with Crippen LogP contribution in [0.15, 0.2) is 53.9 Å². The van der Waals surface area contributed by atoms with Crippen LogP contribution in [0.5, 0.6) is 0 Å². The van der Waals surface area contributed by atoms with E-state index in [1.807, 2.05) is 0 Å². The Balaban J connectivity index is 1.59. The van der Waals surface area contributed by atoms with Crippen LogP contribution in [0.25, 0.3) is 0 Å². The lowest BCUT2D eigenvalue weighted by molar-refractivity contribution is -0.136. The number of nitrogens with one attached hydrogen (secondary N) is 2. The van der Waals surface area contributed by atoms with Crippen molar-refractivity contribution in [1.29, 1.82) is 0 Å². The van der Waals surface area contributed by atoms with Gasteiger partial charge in [0.15, 0.2) is 0 Å². The van der Waals surface area contributed by atoms with Crippen molar-refractivity contribution in [3.63, 3.8) is 0 Å². The third kappa shape index (κ3) is 4.49. The van der Waals surface area contributed by atoms with Crippen LogP contribution < -0.4 is 10.8 Å². The van der Waals surface area contributed by atoms with Gasteiger partial charge in [-0.05, 0) is 35.4 Å². The van der Waals surface area contributed by atoms with Crippen LogP contribution in [0.3, 0.4) is 0 Å². The number of rotatable bonds is 6. The number of amides is 2. The standard InChI is InChI=1S/C22H16Cl2N2O5S/c23-12-5-6-16(17(24)8-12)19-18(14-3-1-2-4-15(14)20(27)25-19)21(28)26-31-9-13-7-11(10-32-13)22(29)30/h1-8,10,18-19H,9H2,(H,25,27)(H,26,28)(H,29,30)/t18-,19+/m1/s1. The second kappa shape index (κ2) is 9.30. The number of aromatic carboxylic acids is 1. The number of hydrogen-bond acceptors (Lipinski definition) is 5. The van der Waals surface area contributed by atoms with Crippen molar-refractivity contribution in [2.45, 2.75) is 18.6 Å². The summed E-state index contributed by atoms with van der Waals surface area (Å²) in [6.45, 7) is -0.00319. The van der Waals surface area contributed by atoms with E-state index in [1.54, 1.807) is 42.5 Å². The van der Waals surface area contributed by atoms with Crippen molar-refractivity contribution in [1.82, 2.24) is 10.8 Å². The van der Waals surface area contributed by atoms with Crippen LogP contribution in [0.1, 0.15) is 48.7 Å². The molecule has 164 valence electrons. The first-order valence-electron chi connectivity index (χ1n) is 9.42.